The van der Waals surface area contributed by atoms with Gasteiger partial charge in [0.2, 0.25) is 0 Å². The molecule has 0 heterocycles. The predicted octanol–water partition coefficient (Wildman–Crippen LogP) is 5.12. The highest BCUT2D eigenvalue weighted by molar-refractivity contribution is 6.07. The second-order valence-corrected chi connectivity index (χ2v) is 5.96. The highest BCUT2D eigenvalue weighted by Gasteiger charge is 2.14. The second kappa shape index (κ2) is 7.14. The number of nitrogens with one attached hydrogen (secondary N) is 1. The molecule has 0 atom stereocenters. The summed E-state index contributed by atoms with van der Waals surface area (Å²) >= 11 is 0. The maximum Gasteiger partial charge on any atom is 0.255 e. The third-order valence-corrected chi connectivity index (χ3v) is 4.11. The molecule has 3 aromatic carbocycles. The molecule has 0 bridgehead atoms. The standard InChI is InChI=1S/C22H19NO2/c1-15-13-20(17-9-5-3-6-10-17)21(14-19(15)16(2)24)23-22(25)18-11-7-4-8-12-18/h3-14H,1-2H3,(H,23,25). The van der Waals surface area contributed by atoms with Gasteiger partial charge >= 0.3 is 0 Å². The van der Waals surface area contributed by atoms with Crippen LogP contribution in [0.5, 0.6) is 0 Å². The van der Waals surface area contributed by atoms with E-state index in [2.05, 4.69) is 5.32 Å². The van der Waals surface area contributed by atoms with Crippen molar-refractivity contribution in [1.29, 1.82) is 0 Å². The predicted molar refractivity (Wildman–Crippen MR) is 101 cm³/mol. The Kier molecular flexibility index (Phi) is 4.75. The van der Waals surface area contributed by atoms with Gasteiger partial charge in [0.1, 0.15) is 0 Å². The number of carbonyl (C=O) groups is 2. The molecule has 25 heavy (non-hydrogen) atoms. The van der Waals surface area contributed by atoms with E-state index >= 15 is 0 Å². The summed E-state index contributed by atoms with van der Waals surface area (Å²) in [5.74, 6) is -0.219. The molecule has 0 aliphatic rings. The number of hydrogen-bond acceptors (Lipinski definition) is 2. The fourth-order valence-electron chi connectivity index (χ4n) is 2.83. The molecule has 3 aromatic rings. The first-order valence-electron chi connectivity index (χ1n) is 8.13. The van der Waals surface area contributed by atoms with E-state index in [9.17, 15) is 9.59 Å². The average Bonchev–Trinajstić information content (AvgIpc) is 2.64. The number of ketones is 1. The van der Waals surface area contributed by atoms with Gasteiger partial charge in [-0.2, -0.15) is 0 Å². The number of carbonyl (C=O) groups excluding carboxylic acids is 2. The van der Waals surface area contributed by atoms with Crippen LogP contribution in [-0.4, -0.2) is 11.7 Å². The second-order valence-electron chi connectivity index (χ2n) is 5.96. The number of aryl methyl sites for hydroxylation is 1. The van der Waals surface area contributed by atoms with Gasteiger partial charge in [-0.15, -0.1) is 0 Å². The molecular weight excluding hydrogens is 310 g/mol. The highest BCUT2D eigenvalue weighted by atomic mass is 16.1. The zero-order valence-corrected chi connectivity index (χ0v) is 14.2. The minimum absolute atomic E-state index is 0.0210. The van der Waals surface area contributed by atoms with Gasteiger partial charge < -0.3 is 5.32 Å². The SMILES string of the molecule is CC(=O)c1cc(NC(=O)c2ccccc2)c(-c2ccccc2)cc1C. The molecule has 0 aliphatic carbocycles. The van der Waals surface area contributed by atoms with Crippen molar-refractivity contribution in [1.82, 2.24) is 0 Å². The van der Waals surface area contributed by atoms with E-state index in [0.29, 0.717) is 16.8 Å². The molecule has 3 rings (SSSR count). The van der Waals surface area contributed by atoms with Crippen molar-refractivity contribution in [2.45, 2.75) is 13.8 Å². The number of rotatable bonds is 4. The largest absolute Gasteiger partial charge is 0.321 e. The lowest BCUT2D eigenvalue weighted by Crippen LogP contribution is -2.13. The van der Waals surface area contributed by atoms with E-state index in [1.54, 1.807) is 18.2 Å². The fraction of sp³-hybridized carbons (Fsp3) is 0.0909. The molecular formula is C22H19NO2. The Hall–Kier alpha value is -3.20. The van der Waals surface area contributed by atoms with Crippen molar-refractivity contribution in [3.63, 3.8) is 0 Å². The fourth-order valence-corrected chi connectivity index (χ4v) is 2.83. The van der Waals surface area contributed by atoms with Gasteiger partial charge in [0.05, 0.1) is 0 Å². The Morgan fingerprint density at radius 1 is 0.840 bits per heavy atom. The molecule has 1 N–H and O–H groups in total. The number of anilines is 1. The maximum absolute atomic E-state index is 12.6. The van der Waals surface area contributed by atoms with E-state index in [1.165, 1.54) is 6.92 Å². The average molecular weight is 329 g/mol. The molecule has 3 nitrogen and oxygen atoms in total. The van der Waals surface area contributed by atoms with Crippen LogP contribution in [0.25, 0.3) is 11.1 Å². The number of amides is 1. The van der Waals surface area contributed by atoms with E-state index in [-0.39, 0.29) is 11.7 Å². The lowest BCUT2D eigenvalue weighted by Gasteiger charge is -2.15. The van der Waals surface area contributed by atoms with Crippen LogP contribution in [0.15, 0.2) is 72.8 Å². The van der Waals surface area contributed by atoms with Crippen LogP contribution in [0.2, 0.25) is 0 Å². The Morgan fingerprint density at radius 2 is 1.44 bits per heavy atom. The van der Waals surface area contributed by atoms with E-state index in [1.807, 2.05) is 61.5 Å². The zero-order chi connectivity index (χ0) is 17.8. The lowest BCUT2D eigenvalue weighted by atomic mass is 9.96. The van der Waals surface area contributed by atoms with Gasteiger partial charge in [0.15, 0.2) is 5.78 Å². The van der Waals surface area contributed by atoms with Crippen molar-refractivity contribution in [2.75, 3.05) is 5.32 Å². The van der Waals surface area contributed by atoms with Crippen molar-refractivity contribution < 1.29 is 9.59 Å². The summed E-state index contributed by atoms with van der Waals surface area (Å²) in [6, 6.07) is 22.6. The van der Waals surface area contributed by atoms with Crippen molar-refractivity contribution in [2.24, 2.45) is 0 Å². The Morgan fingerprint density at radius 3 is 2.04 bits per heavy atom. The van der Waals surface area contributed by atoms with Gasteiger partial charge in [-0.25, -0.2) is 0 Å². The highest BCUT2D eigenvalue weighted by Crippen LogP contribution is 2.31. The van der Waals surface area contributed by atoms with Crippen LogP contribution in [-0.2, 0) is 0 Å². The summed E-state index contributed by atoms with van der Waals surface area (Å²) in [6.07, 6.45) is 0. The minimum Gasteiger partial charge on any atom is -0.321 e. The first-order valence-corrected chi connectivity index (χ1v) is 8.13. The number of hydrogen-bond donors (Lipinski definition) is 1. The van der Waals surface area contributed by atoms with Crippen LogP contribution in [0.3, 0.4) is 0 Å². The first-order chi connectivity index (χ1) is 12.1. The quantitative estimate of drug-likeness (QED) is 0.676. The summed E-state index contributed by atoms with van der Waals surface area (Å²) in [5.41, 5.74) is 4.60. The van der Waals surface area contributed by atoms with Crippen LogP contribution in [0.4, 0.5) is 5.69 Å². The summed E-state index contributed by atoms with van der Waals surface area (Å²) in [6.45, 7) is 3.44. The van der Waals surface area contributed by atoms with E-state index in [0.717, 1.165) is 16.7 Å². The van der Waals surface area contributed by atoms with Gasteiger partial charge in [-0.1, -0.05) is 48.5 Å². The molecule has 0 fully saturated rings. The van der Waals surface area contributed by atoms with Crippen LogP contribution < -0.4 is 5.32 Å². The monoisotopic (exact) mass is 329 g/mol. The number of benzene rings is 3. The Labute approximate surface area is 147 Å². The van der Waals surface area contributed by atoms with Gasteiger partial charge in [0, 0.05) is 22.4 Å². The molecule has 0 aliphatic heterocycles. The van der Waals surface area contributed by atoms with Crippen molar-refractivity contribution >= 4 is 17.4 Å². The first kappa shape index (κ1) is 16.7. The third-order valence-electron chi connectivity index (χ3n) is 4.11. The van der Waals surface area contributed by atoms with Gasteiger partial charge in [-0.05, 0) is 49.2 Å². The van der Waals surface area contributed by atoms with E-state index < -0.39 is 0 Å². The van der Waals surface area contributed by atoms with Crippen molar-refractivity contribution in [3.05, 3.63) is 89.5 Å². The molecule has 0 aromatic heterocycles. The summed E-state index contributed by atoms with van der Waals surface area (Å²) in [5, 5.41) is 2.96. The maximum atomic E-state index is 12.6. The lowest BCUT2D eigenvalue weighted by molar-refractivity contribution is 0.101. The normalized spacial score (nSPS) is 10.3. The molecule has 0 saturated heterocycles. The third kappa shape index (κ3) is 3.66. The molecule has 0 spiro atoms. The summed E-state index contributed by atoms with van der Waals surface area (Å²) < 4.78 is 0. The van der Waals surface area contributed by atoms with Gasteiger partial charge in [0.25, 0.3) is 5.91 Å². The molecule has 0 radical (unpaired) electrons. The molecule has 124 valence electrons. The van der Waals surface area contributed by atoms with Gasteiger partial charge in [-0.3, -0.25) is 9.59 Å². The van der Waals surface area contributed by atoms with Crippen LogP contribution >= 0.6 is 0 Å². The van der Waals surface area contributed by atoms with Crippen molar-refractivity contribution in [3.8, 4) is 11.1 Å². The zero-order valence-electron chi connectivity index (χ0n) is 14.2. The Bertz CT molecular complexity index is 916. The number of Topliss-reactive ketones (excluding diaryl/α,β-unsaturated/α-hetero) is 1. The Balaban J connectivity index is 2.08. The van der Waals surface area contributed by atoms with E-state index in [4.69, 9.17) is 0 Å². The topological polar surface area (TPSA) is 46.2 Å². The minimum atomic E-state index is -0.198. The smallest absolute Gasteiger partial charge is 0.255 e. The molecule has 3 heteroatoms. The van der Waals surface area contributed by atoms with Crippen LogP contribution in [0, 0.1) is 6.92 Å². The summed E-state index contributed by atoms with van der Waals surface area (Å²) in [4.78, 5) is 24.5. The molecule has 0 saturated carbocycles. The van der Waals surface area contributed by atoms with Crippen LogP contribution in [0.1, 0.15) is 33.2 Å². The molecule has 1 amide bonds. The summed E-state index contributed by atoms with van der Waals surface area (Å²) in [7, 11) is 0. The molecule has 0 unspecified atom stereocenters.